The average molecular weight is 417 g/mol. The molecule has 3 heterocycles. The number of benzene rings is 2. The van der Waals surface area contributed by atoms with E-state index in [1.807, 2.05) is 62.4 Å². The number of para-hydroxylation sites is 2. The van der Waals surface area contributed by atoms with Crippen LogP contribution in [0.5, 0.6) is 11.5 Å². The third-order valence-electron chi connectivity index (χ3n) is 5.51. The van der Waals surface area contributed by atoms with Crippen LogP contribution in [-0.4, -0.2) is 15.3 Å². The zero-order valence-electron chi connectivity index (χ0n) is 16.7. The van der Waals surface area contributed by atoms with Gasteiger partial charge in [-0.1, -0.05) is 36.4 Å². The van der Waals surface area contributed by atoms with Crippen LogP contribution < -0.4 is 15.6 Å². The number of nitrogens with zero attached hydrogens (tertiary/aromatic N) is 2. The number of rotatable bonds is 2. The first-order chi connectivity index (χ1) is 14.5. The SMILES string of the molecule is Cc1nc2sc(C)c(C)n2c(=O)c1NC(=O)C1c2ccccc2Oc2ccccc21. The van der Waals surface area contributed by atoms with Crippen LogP contribution in [0.1, 0.15) is 33.3 Å². The molecule has 1 aliphatic rings. The Labute approximate surface area is 176 Å². The minimum absolute atomic E-state index is 0.208. The molecule has 6 nitrogen and oxygen atoms in total. The standard InChI is InChI=1S/C23H19N3O3S/c1-12-20(22(28)26-13(2)14(3)30-23(26)24-12)25-21(27)19-15-8-4-6-10-17(15)29-18-11-7-5-9-16(18)19/h4-11,19H,1-3H3,(H,25,27). The van der Waals surface area contributed by atoms with E-state index in [4.69, 9.17) is 4.74 Å². The van der Waals surface area contributed by atoms with Crippen LogP contribution >= 0.6 is 11.3 Å². The molecule has 0 fully saturated rings. The molecule has 7 heteroatoms. The first kappa shape index (κ1) is 18.6. The molecule has 0 spiro atoms. The van der Waals surface area contributed by atoms with Gasteiger partial charge in [0.15, 0.2) is 4.96 Å². The van der Waals surface area contributed by atoms with Crippen LogP contribution in [0.4, 0.5) is 5.69 Å². The van der Waals surface area contributed by atoms with Crippen molar-refractivity contribution >= 4 is 27.9 Å². The number of nitrogens with one attached hydrogen (secondary N) is 1. The summed E-state index contributed by atoms with van der Waals surface area (Å²) in [6.45, 7) is 5.58. The van der Waals surface area contributed by atoms with Crippen molar-refractivity contribution < 1.29 is 9.53 Å². The van der Waals surface area contributed by atoms with Crippen molar-refractivity contribution in [2.24, 2.45) is 0 Å². The van der Waals surface area contributed by atoms with E-state index in [-0.39, 0.29) is 17.2 Å². The van der Waals surface area contributed by atoms with Crippen LogP contribution in [-0.2, 0) is 4.79 Å². The number of fused-ring (bicyclic) bond motifs is 3. The molecular weight excluding hydrogens is 398 g/mol. The second-order valence-corrected chi connectivity index (χ2v) is 8.52. The predicted molar refractivity (Wildman–Crippen MR) is 117 cm³/mol. The molecule has 2 aromatic carbocycles. The van der Waals surface area contributed by atoms with Crippen molar-refractivity contribution in [1.29, 1.82) is 0 Å². The van der Waals surface area contributed by atoms with Crippen LogP contribution in [0, 0.1) is 20.8 Å². The van der Waals surface area contributed by atoms with E-state index in [0.29, 0.717) is 22.2 Å². The van der Waals surface area contributed by atoms with Gasteiger partial charge in [0.2, 0.25) is 5.91 Å². The molecule has 5 rings (SSSR count). The lowest BCUT2D eigenvalue weighted by Crippen LogP contribution is -2.30. The molecule has 1 amide bonds. The van der Waals surface area contributed by atoms with Crippen molar-refractivity contribution in [3.63, 3.8) is 0 Å². The molecule has 0 bridgehead atoms. The molecule has 30 heavy (non-hydrogen) atoms. The Morgan fingerprint density at radius 1 is 1.03 bits per heavy atom. The Morgan fingerprint density at radius 2 is 1.63 bits per heavy atom. The van der Waals surface area contributed by atoms with Gasteiger partial charge >= 0.3 is 0 Å². The van der Waals surface area contributed by atoms with E-state index in [1.54, 1.807) is 11.3 Å². The van der Waals surface area contributed by atoms with Crippen LogP contribution in [0.2, 0.25) is 0 Å². The van der Waals surface area contributed by atoms with Gasteiger partial charge in [-0.2, -0.15) is 0 Å². The molecule has 0 radical (unpaired) electrons. The molecule has 2 aromatic heterocycles. The van der Waals surface area contributed by atoms with E-state index in [0.717, 1.165) is 21.7 Å². The maximum atomic E-state index is 13.5. The summed E-state index contributed by atoms with van der Waals surface area (Å²) < 4.78 is 7.54. The fraction of sp³-hybridized carbons (Fsp3) is 0.174. The fourth-order valence-corrected chi connectivity index (χ4v) is 4.87. The smallest absolute Gasteiger partial charge is 0.282 e. The summed E-state index contributed by atoms with van der Waals surface area (Å²) in [6, 6.07) is 14.9. The van der Waals surface area contributed by atoms with E-state index in [9.17, 15) is 9.59 Å². The lowest BCUT2D eigenvalue weighted by molar-refractivity contribution is -0.116. The van der Waals surface area contributed by atoms with E-state index >= 15 is 0 Å². The molecule has 0 unspecified atom stereocenters. The monoisotopic (exact) mass is 417 g/mol. The number of amides is 1. The molecule has 0 saturated carbocycles. The number of aromatic nitrogens is 2. The Hall–Kier alpha value is -3.45. The molecule has 0 aliphatic carbocycles. The highest BCUT2D eigenvalue weighted by molar-refractivity contribution is 7.17. The highest BCUT2D eigenvalue weighted by Crippen LogP contribution is 2.44. The summed E-state index contributed by atoms with van der Waals surface area (Å²) in [5.74, 6) is 0.408. The van der Waals surface area contributed by atoms with Gasteiger partial charge < -0.3 is 10.1 Å². The largest absolute Gasteiger partial charge is 0.457 e. The fourth-order valence-electron chi connectivity index (χ4n) is 3.87. The summed E-state index contributed by atoms with van der Waals surface area (Å²) in [5, 5.41) is 2.87. The third kappa shape index (κ3) is 2.74. The molecule has 150 valence electrons. The van der Waals surface area contributed by atoms with Crippen molar-refractivity contribution in [2.45, 2.75) is 26.7 Å². The van der Waals surface area contributed by atoms with Crippen molar-refractivity contribution in [3.05, 3.63) is 86.3 Å². The van der Waals surface area contributed by atoms with Crippen molar-refractivity contribution in [3.8, 4) is 11.5 Å². The summed E-state index contributed by atoms with van der Waals surface area (Å²) in [5.41, 5.74) is 2.82. The number of carbonyl (C=O) groups excluding carboxylic acids is 1. The minimum atomic E-state index is -0.587. The number of ether oxygens (including phenoxy) is 1. The van der Waals surface area contributed by atoms with Gasteiger partial charge in [-0.25, -0.2) is 4.98 Å². The van der Waals surface area contributed by atoms with E-state index in [1.165, 1.54) is 11.3 Å². The Bertz CT molecular complexity index is 1340. The topological polar surface area (TPSA) is 72.7 Å². The molecule has 1 aliphatic heterocycles. The van der Waals surface area contributed by atoms with Gasteiger partial charge in [0.05, 0.1) is 11.6 Å². The lowest BCUT2D eigenvalue weighted by Gasteiger charge is -2.27. The maximum absolute atomic E-state index is 13.5. The lowest BCUT2D eigenvalue weighted by atomic mass is 9.87. The molecule has 0 atom stereocenters. The van der Waals surface area contributed by atoms with Gasteiger partial charge in [-0.3, -0.25) is 14.0 Å². The average Bonchev–Trinajstić information content (AvgIpc) is 3.02. The number of hydrogen-bond acceptors (Lipinski definition) is 5. The first-order valence-corrected chi connectivity index (χ1v) is 10.4. The molecule has 0 saturated heterocycles. The number of hydrogen-bond donors (Lipinski definition) is 1. The molecule has 4 aromatic rings. The highest BCUT2D eigenvalue weighted by atomic mass is 32.1. The van der Waals surface area contributed by atoms with Crippen LogP contribution in [0.25, 0.3) is 4.96 Å². The summed E-state index contributed by atoms with van der Waals surface area (Å²) in [4.78, 5) is 32.9. The number of anilines is 1. The Morgan fingerprint density at radius 3 is 2.27 bits per heavy atom. The third-order valence-corrected chi connectivity index (χ3v) is 6.57. The Balaban J connectivity index is 1.62. The van der Waals surface area contributed by atoms with E-state index in [2.05, 4.69) is 10.3 Å². The number of aryl methyl sites for hydroxylation is 3. The van der Waals surface area contributed by atoms with Gasteiger partial charge in [0, 0.05) is 21.7 Å². The highest BCUT2D eigenvalue weighted by Gasteiger charge is 2.33. The first-order valence-electron chi connectivity index (χ1n) is 9.61. The summed E-state index contributed by atoms with van der Waals surface area (Å²) >= 11 is 1.47. The van der Waals surface area contributed by atoms with Crippen molar-refractivity contribution in [1.82, 2.24) is 9.38 Å². The second kappa shape index (κ2) is 6.81. The Kier molecular flexibility index (Phi) is 4.22. The van der Waals surface area contributed by atoms with Crippen molar-refractivity contribution in [2.75, 3.05) is 5.32 Å². The summed E-state index contributed by atoms with van der Waals surface area (Å²) in [6.07, 6.45) is 0. The zero-order valence-corrected chi connectivity index (χ0v) is 17.5. The quantitative estimate of drug-likeness (QED) is 0.519. The minimum Gasteiger partial charge on any atom is -0.457 e. The van der Waals surface area contributed by atoms with Gasteiger partial charge in [0.1, 0.15) is 17.2 Å². The van der Waals surface area contributed by atoms with Crippen LogP contribution in [0.15, 0.2) is 53.3 Å². The molecular formula is C23H19N3O3S. The zero-order chi connectivity index (χ0) is 21.0. The predicted octanol–water partition coefficient (Wildman–Crippen LogP) is 4.56. The normalized spacial score (nSPS) is 12.9. The van der Waals surface area contributed by atoms with Gasteiger partial charge in [0.25, 0.3) is 5.56 Å². The molecule has 1 N–H and O–H groups in total. The van der Waals surface area contributed by atoms with E-state index < -0.39 is 5.92 Å². The van der Waals surface area contributed by atoms with Gasteiger partial charge in [-0.15, -0.1) is 11.3 Å². The number of thiazole rings is 1. The second-order valence-electron chi connectivity index (χ2n) is 7.34. The number of carbonyl (C=O) groups is 1. The summed E-state index contributed by atoms with van der Waals surface area (Å²) in [7, 11) is 0. The maximum Gasteiger partial charge on any atom is 0.282 e. The van der Waals surface area contributed by atoms with Crippen LogP contribution in [0.3, 0.4) is 0 Å². The van der Waals surface area contributed by atoms with Gasteiger partial charge in [-0.05, 0) is 32.9 Å².